The van der Waals surface area contributed by atoms with Gasteiger partial charge in [0, 0.05) is 17.2 Å². The van der Waals surface area contributed by atoms with Crippen LogP contribution in [0, 0.1) is 5.92 Å². The molecule has 0 bridgehead atoms. The number of rotatable bonds is 3. The van der Waals surface area contributed by atoms with E-state index in [1.54, 1.807) is 22.8 Å². The minimum absolute atomic E-state index is 0.211. The molecule has 1 fully saturated rings. The zero-order valence-electron chi connectivity index (χ0n) is 19.2. The highest BCUT2D eigenvalue weighted by molar-refractivity contribution is 7.07. The molecule has 0 N–H and O–H groups in total. The molecule has 2 aliphatic heterocycles. The number of halogens is 1. The monoisotopic (exact) mass is 518 g/mol. The second-order valence-corrected chi connectivity index (χ2v) is 10.7. The van der Waals surface area contributed by atoms with Gasteiger partial charge in [-0.2, -0.15) is 0 Å². The number of benzene rings is 2. The Hall–Kier alpha value is -3.62. The lowest BCUT2D eigenvalue weighted by molar-refractivity contribution is -0.144. The number of carbonyl (C=O) groups excluding carboxylic acids is 1. The van der Waals surface area contributed by atoms with Crippen molar-refractivity contribution in [1.29, 1.82) is 0 Å². The molecule has 0 amide bonds. The van der Waals surface area contributed by atoms with Crippen LogP contribution in [0.5, 0.6) is 5.75 Å². The fraction of sp³-hybridized carbons (Fsp3) is 0.222. The Bertz CT molecular complexity index is 1770. The van der Waals surface area contributed by atoms with Gasteiger partial charge in [-0.05, 0) is 37.3 Å². The summed E-state index contributed by atoms with van der Waals surface area (Å²) >= 11 is 7.58. The average Bonchev–Trinajstić information content (AvgIpc) is 3.27. The van der Waals surface area contributed by atoms with Crippen LogP contribution >= 0.6 is 22.9 Å². The van der Waals surface area contributed by atoms with Crippen molar-refractivity contribution in [3.05, 3.63) is 96.7 Å². The summed E-state index contributed by atoms with van der Waals surface area (Å²) in [6, 6.07) is 18.1. The Morgan fingerprint density at radius 2 is 1.94 bits per heavy atom. The Balaban J connectivity index is 1.40. The van der Waals surface area contributed by atoms with Crippen LogP contribution in [-0.2, 0) is 9.53 Å². The lowest BCUT2D eigenvalue weighted by Gasteiger charge is -2.26. The zero-order valence-corrected chi connectivity index (χ0v) is 20.8. The van der Waals surface area contributed by atoms with Crippen LogP contribution in [0.2, 0.25) is 5.02 Å². The number of ether oxygens (including phenoxy) is 2. The summed E-state index contributed by atoms with van der Waals surface area (Å²) in [5.74, 6) is 0.793. The molecule has 1 spiro atoms. The van der Waals surface area contributed by atoms with Gasteiger partial charge in [0.2, 0.25) is 0 Å². The van der Waals surface area contributed by atoms with Crippen molar-refractivity contribution >= 4 is 35.0 Å². The maximum Gasteiger partial charge on any atom is 0.315 e. The molecule has 9 heteroatoms. The molecule has 0 radical (unpaired) electrons. The molecule has 180 valence electrons. The third-order valence-electron chi connectivity index (χ3n) is 7.50. The number of para-hydroxylation sites is 1. The van der Waals surface area contributed by atoms with Gasteiger partial charge in [-0.1, -0.05) is 53.3 Å². The van der Waals surface area contributed by atoms with Crippen molar-refractivity contribution in [1.82, 2.24) is 4.57 Å². The van der Waals surface area contributed by atoms with Gasteiger partial charge in [0.25, 0.3) is 5.56 Å². The molecule has 4 heterocycles. The predicted molar refractivity (Wildman–Crippen MR) is 134 cm³/mol. The van der Waals surface area contributed by atoms with Crippen LogP contribution in [0.4, 0.5) is 0 Å². The summed E-state index contributed by atoms with van der Waals surface area (Å²) in [6.45, 7) is 1.90. The minimum atomic E-state index is -0.999. The Morgan fingerprint density at radius 1 is 1.17 bits per heavy atom. The molecule has 7 rings (SSSR count). The first-order chi connectivity index (χ1) is 17.4. The first-order valence-electron chi connectivity index (χ1n) is 11.4. The number of furan rings is 1. The number of carbonyl (C=O) groups is 1. The van der Waals surface area contributed by atoms with Gasteiger partial charge in [-0.25, -0.2) is 4.99 Å². The summed E-state index contributed by atoms with van der Waals surface area (Å²) in [7, 11) is 1.36. The van der Waals surface area contributed by atoms with Crippen LogP contribution in [-0.4, -0.2) is 28.8 Å². The smallest absolute Gasteiger partial charge is 0.315 e. The second-order valence-electron chi connectivity index (χ2n) is 9.30. The van der Waals surface area contributed by atoms with Gasteiger partial charge < -0.3 is 13.9 Å². The molecule has 0 saturated heterocycles. The molecule has 4 atom stereocenters. The van der Waals surface area contributed by atoms with Crippen molar-refractivity contribution in [3.8, 4) is 17.1 Å². The van der Waals surface area contributed by atoms with E-state index < -0.39 is 29.1 Å². The molecule has 7 nitrogen and oxygen atoms in total. The fourth-order valence-electron chi connectivity index (χ4n) is 5.83. The molecule has 1 aliphatic carbocycles. The van der Waals surface area contributed by atoms with Gasteiger partial charge in [-0.15, -0.1) is 0 Å². The highest BCUT2D eigenvalue weighted by Crippen LogP contribution is 2.70. The lowest BCUT2D eigenvalue weighted by Crippen LogP contribution is -2.47. The number of hydrogen-bond donors (Lipinski definition) is 0. The van der Waals surface area contributed by atoms with E-state index in [1.807, 2.05) is 55.5 Å². The van der Waals surface area contributed by atoms with Crippen LogP contribution in [0.3, 0.4) is 0 Å². The van der Waals surface area contributed by atoms with E-state index in [1.165, 1.54) is 18.4 Å². The van der Waals surface area contributed by atoms with Gasteiger partial charge in [0.15, 0.2) is 10.4 Å². The summed E-state index contributed by atoms with van der Waals surface area (Å²) in [4.78, 5) is 32.0. The number of methoxy groups -OCH3 is 1. The first kappa shape index (κ1) is 21.6. The molecule has 1 saturated carbocycles. The number of nitrogens with zero attached hydrogens (tertiary/aromatic N) is 2. The fourth-order valence-corrected chi connectivity index (χ4v) is 7.13. The number of esters is 1. The number of fused-ring (bicyclic) bond motifs is 4. The highest BCUT2D eigenvalue weighted by Gasteiger charge is 2.88. The van der Waals surface area contributed by atoms with E-state index in [-0.39, 0.29) is 5.56 Å². The van der Waals surface area contributed by atoms with E-state index in [4.69, 9.17) is 30.5 Å². The molecule has 2 aromatic heterocycles. The topological polar surface area (TPSA) is 83.0 Å². The van der Waals surface area contributed by atoms with Crippen LogP contribution in [0.15, 0.2) is 74.9 Å². The minimum Gasteiger partial charge on any atom is -0.481 e. The second kappa shape index (κ2) is 7.21. The molecule has 0 unspecified atom stereocenters. The van der Waals surface area contributed by atoms with Gasteiger partial charge in [-0.3, -0.25) is 14.2 Å². The maximum absolute atomic E-state index is 13.8. The molecule has 3 aliphatic rings. The zero-order chi connectivity index (χ0) is 24.8. The van der Waals surface area contributed by atoms with Crippen molar-refractivity contribution in [3.63, 3.8) is 0 Å². The van der Waals surface area contributed by atoms with E-state index in [2.05, 4.69) is 0 Å². The summed E-state index contributed by atoms with van der Waals surface area (Å²) in [5, 5.41) is 0.585. The highest BCUT2D eigenvalue weighted by atomic mass is 35.5. The van der Waals surface area contributed by atoms with E-state index >= 15 is 0 Å². The van der Waals surface area contributed by atoms with Crippen LogP contribution in [0.1, 0.15) is 24.3 Å². The molecule has 2 aromatic carbocycles. The van der Waals surface area contributed by atoms with Gasteiger partial charge in [0.1, 0.15) is 34.8 Å². The molecular formula is C27H19ClN2O5S. The Morgan fingerprint density at radius 3 is 2.75 bits per heavy atom. The predicted octanol–water partition coefficient (Wildman–Crippen LogP) is 3.57. The van der Waals surface area contributed by atoms with E-state index in [0.717, 1.165) is 11.1 Å². The average molecular weight is 519 g/mol. The largest absolute Gasteiger partial charge is 0.481 e. The summed E-state index contributed by atoms with van der Waals surface area (Å²) < 4.78 is 19.7. The van der Waals surface area contributed by atoms with E-state index in [9.17, 15) is 9.59 Å². The van der Waals surface area contributed by atoms with Crippen molar-refractivity contribution in [2.24, 2.45) is 10.9 Å². The quantitative estimate of drug-likeness (QED) is 0.387. The normalized spacial score (nSPS) is 27.2. The first-order valence-corrected chi connectivity index (χ1v) is 12.6. The molecular weight excluding hydrogens is 500 g/mol. The number of aromatic nitrogens is 1. The Kier molecular flexibility index (Phi) is 4.34. The Labute approximate surface area is 213 Å². The molecule has 36 heavy (non-hydrogen) atoms. The third-order valence-corrected chi connectivity index (χ3v) is 8.81. The van der Waals surface area contributed by atoms with Gasteiger partial charge in [0.05, 0.1) is 16.7 Å². The number of hydrogen-bond acceptors (Lipinski definition) is 7. The van der Waals surface area contributed by atoms with Crippen LogP contribution in [0.25, 0.3) is 17.4 Å². The SMILES string of the molecule is COC(=O)[C@H]1[C@@]23Oc4ccccc4[C@H]2n2c(s/c(=C\c4ccc(-c5ccccc5Cl)o4)c2=O)=N[C@]13C. The number of thiazole rings is 1. The van der Waals surface area contributed by atoms with Gasteiger partial charge >= 0.3 is 5.97 Å². The summed E-state index contributed by atoms with van der Waals surface area (Å²) in [6.07, 6.45) is 1.72. The van der Waals surface area contributed by atoms with Crippen molar-refractivity contribution < 1.29 is 18.7 Å². The lowest BCUT2D eigenvalue weighted by atomic mass is 9.97. The maximum atomic E-state index is 13.8. The van der Waals surface area contributed by atoms with Crippen molar-refractivity contribution in [2.75, 3.05) is 7.11 Å². The summed E-state index contributed by atoms with van der Waals surface area (Å²) in [5.41, 5.74) is -0.422. The van der Waals surface area contributed by atoms with Crippen molar-refractivity contribution in [2.45, 2.75) is 24.1 Å². The molecule has 4 aromatic rings. The third kappa shape index (κ3) is 2.60. The van der Waals surface area contributed by atoms with Crippen LogP contribution < -0.4 is 19.6 Å². The standard InChI is InChI=1S/C27H19ClN2O5S/c1-26-21(24(32)33-2)27(26)22(16-8-4-6-10-19(16)35-27)30-23(31)20(36-25(30)29-26)13-14-11-12-18(34-14)15-7-3-5-9-17(15)28/h3-13,21-22H,1-2H3/b20-13-/t21-,22-,26-,27-/m1/s1. The van der Waals surface area contributed by atoms with E-state index in [0.29, 0.717) is 31.6 Å².